The Balaban J connectivity index is 2.95. The number of alkyl halides is 4. The zero-order valence-corrected chi connectivity index (χ0v) is 7.68. The fourth-order valence-electron chi connectivity index (χ4n) is 1.62. The topological polar surface area (TPSA) is 46.5 Å². The van der Waals surface area contributed by atoms with Crippen LogP contribution >= 0.6 is 0 Å². The van der Waals surface area contributed by atoms with Crippen molar-refractivity contribution < 1.29 is 32.2 Å². The van der Waals surface area contributed by atoms with Gasteiger partial charge in [0.05, 0.1) is 0 Å². The van der Waals surface area contributed by atoms with E-state index in [0.717, 1.165) is 0 Å². The molecule has 0 amide bonds. The highest BCUT2D eigenvalue weighted by molar-refractivity contribution is 5.75. The monoisotopic (exact) mass is 230 g/mol. The van der Waals surface area contributed by atoms with Gasteiger partial charge in [0.2, 0.25) is 6.17 Å². The summed E-state index contributed by atoms with van der Waals surface area (Å²) in [6.07, 6.45) is -9.40. The van der Waals surface area contributed by atoms with E-state index < -0.39 is 36.6 Å². The molecule has 15 heavy (non-hydrogen) atoms. The quantitative estimate of drug-likeness (QED) is 0.735. The Hall–Kier alpha value is -0.850. The van der Waals surface area contributed by atoms with Gasteiger partial charge in [0.15, 0.2) is 0 Å². The molecule has 3 nitrogen and oxygen atoms in total. The molecule has 1 rings (SSSR count). The summed E-state index contributed by atoms with van der Waals surface area (Å²) in [5.41, 5.74) is -2.38. The van der Waals surface area contributed by atoms with Crippen LogP contribution in [0, 0.1) is 5.41 Å². The first-order valence-electron chi connectivity index (χ1n) is 4.32. The van der Waals surface area contributed by atoms with Crippen molar-refractivity contribution in [3.05, 3.63) is 0 Å². The van der Waals surface area contributed by atoms with Crippen molar-refractivity contribution in [2.45, 2.75) is 25.2 Å². The van der Waals surface area contributed by atoms with Crippen LogP contribution in [0.15, 0.2) is 0 Å². The lowest BCUT2D eigenvalue weighted by atomic mass is 9.76. The minimum Gasteiger partial charge on any atom is -0.481 e. The second-order valence-electron chi connectivity index (χ2n) is 3.48. The van der Waals surface area contributed by atoms with Gasteiger partial charge in [-0.15, -0.1) is 0 Å². The van der Waals surface area contributed by atoms with Crippen molar-refractivity contribution in [1.82, 2.24) is 0 Å². The maximum atomic E-state index is 13.1. The van der Waals surface area contributed by atoms with Gasteiger partial charge in [-0.25, -0.2) is 4.39 Å². The molecule has 0 aromatic rings. The van der Waals surface area contributed by atoms with Crippen LogP contribution in [0.1, 0.15) is 12.8 Å². The summed E-state index contributed by atoms with van der Waals surface area (Å²) < 4.78 is 54.4. The molecule has 1 aliphatic heterocycles. The van der Waals surface area contributed by atoms with Gasteiger partial charge in [-0.2, -0.15) is 13.2 Å². The van der Waals surface area contributed by atoms with Gasteiger partial charge < -0.3 is 9.84 Å². The molecule has 7 heteroatoms. The molecule has 1 saturated heterocycles. The summed E-state index contributed by atoms with van der Waals surface area (Å²) >= 11 is 0. The van der Waals surface area contributed by atoms with Gasteiger partial charge in [-0.1, -0.05) is 0 Å². The zero-order valence-electron chi connectivity index (χ0n) is 7.68. The fraction of sp³-hybridized carbons (Fsp3) is 0.875. The second-order valence-corrected chi connectivity index (χ2v) is 3.48. The number of carboxylic acids is 1. The molecular weight excluding hydrogens is 220 g/mol. The van der Waals surface area contributed by atoms with E-state index in [1.165, 1.54) is 0 Å². The predicted molar refractivity (Wildman–Crippen MR) is 41.1 cm³/mol. The summed E-state index contributed by atoms with van der Waals surface area (Å²) in [6, 6.07) is 0. The number of carbonyl (C=O) groups is 1. The molecule has 0 bridgehead atoms. The van der Waals surface area contributed by atoms with Crippen LogP contribution in [-0.2, 0) is 9.53 Å². The molecule has 0 radical (unpaired) electrons. The number of halogens is 4. The van der Waals surface area contributed by atoms with Crippen LogP contribution in [0.4, 0.5) is 17.6 Å². The van der Waals surface area contributed by atoms with Crippen molar-refractivity contribution in [2.24, 2.45) is 5.41 Å². The predicted octanol–water partition coefficient (Wildman–Crippen LogP) is 1.77. The lowest BCUT2D eigenvalue weighted by Crippen LogP contribution is -2.50. The number of carboxylic acid groups (broad SMARTS) is 1. The Morgan fingerprint density at radius 3 is 2.13 bits per heavy atom. The minimum atomic E-state index is -5.14. The molecule has 1 aliphatic rings. The van der Waals surface area contributed by atoms with E-state index in [1.54, 1.807) is 0 Å². The Kier molecular flexibility index (Phi) is 3.22. The minimum absolute atomic E-state index is 0.164. The highest BCUT2D eigenvalue weighted by Crippen LogP contribution is 2.43. The summed E-state index contributed by atoms with van der Waals surface area (Å²) in [5.74, 6) is -1.75. The van der Waals surface area contributed by atoms with E-state index in [4.69, 9.17) is 9.84 Å². The van der Waals surface area contributed by atoms with Crippen molar-refractivity contribution in [1.29, 1.82) is 0 Å². The highest BCUT2D eigenvalue weighted by Gasteiger charge is 2.59. The van der Waals surface area contributed by atoms with E-state index in [2.05, 4.69) is 0 Å². The Labute approximate surface area is 83.0 Å². The first-order valence-corrected chi connectivity index (χ1v) is 4.32. The van der Waals surface area contributed by atoms with E-state index in [-0.39, 0.29) is 13.2 Å². The van der Waals surface area contributed by atoms with Crippen LogP contribution in [0.5, 0.6) is 0 Å². The van der Waals surface area contributed by atoms with E-state index >= 15 is 0 Å². The van der Waals surface area contributed by atoms with Gasteiger partial charge in [-0.3, -0.25) is 4.79 Å². The molecule has 1 heterocycles. The van der Waals surface area contributed by atoms with Crippen LogP contribution < -0.4 is 0 Å². The Bertz CT molecular complexity index is 245. The van der Waals surface area contributed by atoms with Crippen LogP contribution in [-0.4, -0.2) is 36.6 Å². The van der Waals surface area contributed by atoms with Crippen molar-refractivity contribution in [3.8, 4) is 0 Å². The zero-order chi connectivity index (χ0) is 11.7. The molecule has 0 aromatic heterocycles. The summed E-state index contributed by atoms with van der Waals surface area (Å²) in [6.45, 7) is -0.328. The molecule has 1 fully saturated rings. The first kappa shape index (κ1) is 12.2. The van der Waals surface area contributed by atoms with E-state index in [9.17, 15) is 22.4 Å². The number of hydrogen-bond acceptors (Lipinski definition) is 2. The lowest BCUT2D eigenvalue weighted by molar-refractivity contribution is -0.229. The summed E-state index contributed by atoms with van der Waals surface area (Å²) in [4.78, 5) is 10.8. The van der Waals surface area contributed by atoms with Gasteiger partial charge in [0.1, 0.15) is 5.41 Å². The van der Waals surface area contributed by atoms with E-state index in [1.807, 2.05) is 0 Å². The molecule has 0 saturated carbocycles. The Morgan fingerprint density at radius 2 is 1.80 bits per heavy atom. The van der Waals surface area contributed by atoms with Gasteiger partial charge >= 0.3 is 12.1 Å². The highest BCUT2D eigenvalue weighted by atomic mass is 19.4. The number of rotatable bonds is 2. The third-order valence-corrected chi connectivity index (χ3v) is 2.58. The number of aliphatic carboxylic acids is 1. The normalized spacial score (nSPS) is 23.5. The molecule has 1 atom stereocenters. The Morgan fingerprint density at radius 1 is 1.33 bits per heavy atom. The van der Waals surface area contributed by atoms with Gasteiger partial charge in [-0.05, 0) is 12.8 Å². The van der Waals surface area contributed by atoms with Crippen LogP contribution in [0.3, 0.4) is 0 Å². The fourth-order valence-corrected chi connectivity index (χ4v) is 1.62. The smallest absolute Gasteiger partial charge is 0.420 e. The van der Waals surface area contributed by atoms with Crippen LogP contribution in [0.2, 0.25) is 0 Å². The largest absolute Gasteiger partial charge is 0.481 e. The van der Waals surface area contributed by atoms with Gasteiger partial charge in [0, 0.05) is 13.2 Å². The average molecular weight is 230 g/mol. The number of hydrogen-bond donors (Lipinski definition) is 1. The molecule has 88 valence electrons. The van der Waals surface area contributed by atoms with Crippen molar-refractivity contribution in [2.75, 3.05) is 13.2 Å². The third-order valence-electron chi connectivity index (χ3n) is 2.58. The SMILES string of the molecule is O=C(O)C1(C(F)C(F)(F)F)CCOCC1. The summed E-state index contributed by atoms with van der Waals surface area (Å²) in [7, 11) is 0. The maximum Gasteiger partial charge on any atom is 0.420 e. The molecule has 0 spiro atoms. The maximum absolute atomic E-state index is 13.1. The molecular formula is C8H10F4O3. The molecule has 0 aromatic carbocycles. The number of ether oxygens (including phenoxy) is 1. The third kappa shape index (κ3) is 2.22. The van der Waals surface area contributed by atoms with Crippen molar-refractivity contribution in [3.63, 3.8) is 0 Å². The van der Waals surface area contributed by atoms with E-state index in [0.29, 0.717) is 0 Å². The molecule has 0 aliphatic carbocycles. The molecule has 1 unspecified atom stereocenters. The first-order chi connectivity index (χ1) is 6.81. The second kappa shape index (κ2) is 3.96. The standard InChI is InChI=1S/C8H10F4O3/c9-5(8(10,11)12)7(6(13)14)1-3-15-4-2-7/h5H,1-4H2,(H,13,14). The van der Waals surface area contributed by atoms with Crippen molar-refractivity contribution >= 4 is 5.97 Å². The average Bonchev–Trinajstić information content (AvgIpc) is 2.16. The van der Waals surface area contributed by atoms with Gasteiger partial charge in [0.25, 0.3) is 0 Å². The molecule has 1 N–H and O–H groups in total. The lowest BCUT2D eigenvalue weighted by Gasteiger charge is -2.36. The summed E-state index contributed by atoms with van der Waals surface area (Å²) in [5, 5.41) is 8.73. The van der Waals surface area contributed by atoms with Crippen LogP contribution in [0.25, 0.3) is 0 Å².